The van der Waals surface area contributed by atoms with Crippen molar-refractivity contribution < 1.29 is 8.42 Å². The third-order valence-electron chi connectivity index (χ3n) is 2.87. The molecule has 8 heteroatoms. The van der Waals surface area contributed by atoms with Crippen LogP contribution in [0.25, 0.3) is 0 Å². The Balaban J connectivity index is 2.04. The van der Waals surface area contributed by atoms with Crippen LogP contribution in [0, 0.1) is 6.92 Å². The molecule has 2 rings (SSSR count). The first-order valence-electron chi connectivity index (χ1n) is 6.71. The van der Waals surface area contributed by atoms with Crippen LogP contribution in [0.3, 0.4) is 0 Å². The van der Waals surface area contributed by atoms with Gasteiger partial charge in [-0.3, -0.25) is 0 Å². The third kappa shape index (κ3) is 4.58. The lowest BCUT2D eigenvalue weighted by Gasteiger charge is -2.02. The van der Waals surface area contributed by atoms with Gasteiger partial charge in [-0.1, -0.05) is 6.92 Å². The minimum Gasteiger partial charge on any atom is -0.312 e. The van der Waals surface area contributed by atoms with E-state index in [-0.39, 0.29) is 6.54 Å². The van der Waals surface area contributed by atoms with E-state index in [9.17, 15) is 8.42 Å². The van der Waals surface area contributed by atoms with E-state index < -0.39 is 10.0 Å². The fraction of sp³-hybridized carbons (Fsp3) is 0.462. The van der Waals surface area contributed by atoms with E-state index in [1.165, 1.54) is 22.7 Å². The second-order valence-corrected chi connectivity index (χ2v) is 8.71. The SMILES string of the molecule is CCCNCc1sc(S(=O)(=O)NCc2nccs2)cc1C. The highest BCUT2D eigenvalue weighted by molar-refractivity contribution is 7.91. The molecule has 0 aromatic carbocycles. The number of hydrogen-bond donors (Lipinski definition) is 2. The van der Waals surface area contributed by atoms with Crippen LogP contribution in [0.4, 0.5) is 0 Å². The number of aromatic nitrogens is 1. The Bertz CT molecular complexity index is 663. The molecule has 21 heavy (non-hydrogen) atoms. The minimum atomic E-state index is -3.46. The van der Waals surface area contributed by atoms with Gasteiger partial charge in [-0.2, -0.15) is 0 Å². The number of thiazole rings is 1. The fourth-order valence-electron chi connectivity index (χ4n) is 1.74. The number of aryl methyl sites for hydroxylation is 1. The molecule has 0 bridgehead atoms. The van der Waals surface area contributed by atoms with Crippen LogP contribution in [0.15, 0.2) is 21.9 Å². The summed E-state index contributed by atoms with van der Waals surface area (Å²) in [6, 6.07) is 1.73. The van der Waals surface area contributed by atoms with Gasteiger partial charge in [0.05, 0.1) is 6.54 Å². The van der Waals surface area contributed by atoms with E-state index in [4.69, 9.17) is 0 Å². The van der Waals surface area contributed by atoms with Crippen LogP contribution in [0.5, 0.6) is 0 Å². The molecule has 0 atom stereocenters. The van der Waals surface area contributed by atoms with Crippen molar-refractivity contribution in [2.75, 3.05) is 6.54 Å². The van der Waals surface area contributed by atoms with Crippen molar-refractivity contribution in [1.29, 1.82) is 0 Å². The molecule has 0 saturated heterocycles. The molecule has 0 unspecified atom stereocenters. The smallest absolute Gasteiger partial charge is 0.250 e. The molecule has 0 saturated carbocycles. The summed E-state index contributed by atoms with van der Waals surface area (Å²) in [6.45, 7) is 5.93. The van der Waals surface area contributed by atoms with Gasteiger partial charge >= 0.3 is 0 Å². The van der Waals surface area contributed by atoms with Gasteiger partial charge < -0.3 is 5.32 Å². The van der Waals surface area contributed by atoms with Crippen LogP contribution in [0.1, 0.15) is 28.8 Å². The van der Waals surface area contributed by atoms with Gasteiger partial charge in [-0.15, -0.1) is 22.7 Å². The quantitative estimate of drug-likeness (QED) is 0.721. The molecule has 2 heterocycles. The number of nitrogens with one attached hydrogen (secondary N) is 2. The lowest BCUT2D eigenvalue weighted by Crippen LogP contribution is -2.22. The highest BCUT2D eigenvalue weighted by atomic mass is 32.2. The number of nitrogens with zero attached hydrogens (tertiary/aromatic N) is 1. The van der Waals surface area contributed by atoms with E-state index in [0.717, 1.165) is 28.4 Å². The van der Waals surface area contributed by atoms with Gasteiger partial charge in [-0.05, 0) is 31.5 Å². The summed E-state index contributed by atoms with van der Waals surface area (Å²) in [5.41, 5.74) is 1.01. The molecular formula is C13H19N3O2S3. The van der Waals surface area contributed by atoms with Crippen molar-refractivity contribution in [3.8, 4) is 0 Å². The predicted octanol–water partition coefficient (Wildman–Crippen LogP) is 2.49. The van der Waals surface area contributed by atoms with E-state index in [1.54, 1.807) is 12.3 Å². The van der Waals surface area contributed by atoms with E-state index in [1.807, 2.05) is 12.3 Å². The molecule has 0 aliphatic rings. The van der Waals surface area contributed by atoms with Crippen LogP contribution in [-0.2, 0) is 23.1 Å². The van der Waals surface area contributed by atoms with E-state index in [2.05, 4.69) is 21.9 Å². The summed E-state index contributed by atoms with van der Waals surface area (Å²) in [7, 11) is -3.46. The van der Waals surface area contributed by atoms with Gasteiger partial charge in [0.2, 0.25) is 10.0 Å². The lowest BCUT2D eigenvalue weighted by atomic mass is 10.3. The molecular weight excluding hydrogens is 326 g/mol. The zero-order valence-electron chi connectivity index (χ0n) is 12.0. The highest BCUT2D eigenvalue weighted by Gasteiger charge is 2.18. The van der Waals surface area contributed by atoms with Gasteiger partial charge in [0, 0.05) is 23.0 Å². The average Bonchev–Trinajstić information content (AvgIpc) is 3.07. The first kappa shape index (κ1) is 16.6. The van der Waals surface area contributed by atoms with Crippen LogP contribution in [0.2, 0.25) is 0 Å². The molecule has 2 aromatic rings. The van der Waals surface area contributed by atoms with Crippen molar-refractivity contribution in [2.24, 2.45) is 0 Å². The van der Waals surface area contributed by atoms with Crippen molar-refractivity contribution in [1.82, 2.24) is 15.0 Å². The second-order valence-electron chi connectivity index (χ2n) is 4.60. The summed E-state index contributed by atoms with van der Waals surface area (Å²) in [5.74, 6) is 0. The Morgan fingerprint density at radius 3 is 2.81 bits per heavy atom. The molecule has 0 aliphatic heterocycles. The number of hydrogen-bond acceptors (Lipinski definition) is 6. The minimum absolute atomic E-state index is 0.236. The fourth-order valence-corrected chi connectivity index (χ4v) is 4.98. The molecule has 0 aliphatic carbocycles. The number of rotatable bonds is 8. The molecule has 0 amide bonds. The Morgan fingerprint density at radius 2 is 2.14 bits per heavy atom. The third-order valence-corrected chi connectivity index (χ3v) is 6.76. The van der Waals surface area contributed by atoms with Crippen LogP contribution < -0.4 is 10.0 Å². The number of sulfonamides is 1. The summed E-state index contributed by atoms with van der Waals surface area (Å²) < 4.78 is 27.5. The normalized spacial score (nSPS) is 11.9. The molecule has 2 aromatic heterocycles. The Labute approximate surface area is 133 Å². The van der Waals surface area contributed by atoms with Gasteiger partial charge in [-0.25, -0.2) is 18.1 Å². The highest BCUT2D eigenvalue weighted by Crippen LogP contribution is 2.26. The summed E-state index contributed by atoms with van der Waals surface area (Å²) in [4.78, 5) is 5.14. The first-order valence-corrected chi connectivity index (χ1v) is 9.89. The first-order chi connectivity index (χ1) is 10.0. The average molecular weight is 346 g/mol. The monoisotopic (exact) mass is 345 g/mol. The lowest BCUT2D eigenvalue weighted by molar-refractivity contribution is 0.583. The predicted molar refractivity (Wildman–Crippen MR) is 87.2 cm³/mol. The molecule has 0 radical (unpaired) electrons. The second kappa shape index (κ2) is 7.46. The summed E-state index contributed by atoms with van der Waals surface area (Å²) in [6.07, 6.45) is 2.73. The van der Waals surface area contributed by atoms with E-state index >= 15 is 0 Å². The molecule has 0 spiro atoms. The maximum absolute atomic E-state index is 12.3. The number of thiophene rings is 1. The molecule has 0 fully saturated rings. The van der Waals surface area contributed by atoms with Crippen molar-refractivity contribution in [3.05, 3.63) is 33.1 Å². The standard InChI is InChI=1S/C13H19N3O2S3/c1-3-4-14-8-11-10(2)7-13(20-11)21(17,18)16-9-12-15-5-6-19-12/h5-7,14,16H,3-4,8-9H2,1-2H3. The zero-order chi connectivity index (χ0) is 15.3. The maximum Gasteiger partial charge on any atom is 0.250 e. The van der Waals surface area contributed by atoms with Gasteiger partial charge in [0.15, 0.2) is 0 Å². The van der Waals surface area contributed by atoms with Crippen LogP contribution >= 0.6 is 22.7 Å². The van der Waals surface area contributed by atoms with E-state index in [0.29, 0.717) is 10.8 Å². The van der Waals surface area contributed by atoms with Crippen molar-refractivity contribution in [3.63, 3.8) is 0 Å². The Morgan fingerprint density at radius 1 is 1.33 bits per heavy atom. The van der Waals surface area contributed by atoms with Gasteiger partial charge in [0.25, 0.3) is 0 Å². The maximum atomic E-state index is 12.3. The molecule has 116 valence electrons. The molecule has 5 nitrogen and oxygen atoms in total. The Kier molecular flexibility index (Phi) is 5.88. The summed E-state index contributed by atoms with van der Waals surface area (Å²) in [5, 5.41) is 5.89. The summed E-state index contributed by atoms with van der Waals surface area (Å²) >= 11 is 2.76. The van der Waals surface area contributed by atoms with Gasteiger partial charge in [0.1, 0.15) is 9.22 Å². The zero-order valence-corrected chi connectivity index (χ0v) is 14.5. The van der Waals surface area contributed by atoms with Crippen molar-refractivity contribution in [2.45, 2.75) is 37.6 Å². The van der Waals surface area contributed by atoms with Crippen molar-refractivity contribution >= 4 is 32.7 Å². The topological polar surface area (TPSA) is 71.1 Å². The Hall–Kier alpha value is -0.800. The van der Waals surface area contributed by atoms with Crippen LogP contribution in [-0.4, -0.2) is 19.9 Å². The molecule has 2 N–H and O–H groups in total. The largest absolute Gasteiger partial charge is 0.312 e.